The number of methoxy groups -OCH3 is 1. The fraction of sp³-hybridized carbons (Fsp3) is 0.480. The van der Waals surface area contributed by atoms with Crippen LogP contribution < -0.4 is 14.2 Å². The molecule has 1 atom stereocenters. The minimum absolute atomic E-state index is 0.165. The molecule has 0 aliphatic rings. The van der Waals surface area contributed by atoms with Crippen molar-refractivity contribution in [2.45, 2.75) is 72.3 Å². The molecule has 0 saturated carbocycles. The van der Waals surface area contributed by atoms with Gasteiger partial charge >= 0.3 is 5.97 Å². The van der Waals surface area contributed by atoms with Crippen LogP contribution in [0.25, 0.3) is 0 Å². The Morgan fingerprint density at radius 3 is 1.72 bits per heavy atom. The molecule has 1 unspecified atom stereocenters. The van der Waals surface area contributed by atoms with Crippen LogP contribution in [0, 0.1) is 6.92 Å². The second-order valence-corrected chi connectivity index (χ2v) is 9.55. The van der Waals surface area contributed by atoms with E-state index in [9.17, 15) is 4.79 Å². The number of carbonyl (C=O) groups excluding carboxylic acids is 1. The third-order valence-corrected chi connectivity index (χ3v) is 4.76. The summed E-state index contributed by atoms with van der Waals surface area (Å²) >= 11 is 0. The van der Waals surface area contributed by atoms with Crippen LogP contribution in [-0.4, -0.2) is 19.2 Å². The van der Waals surface area contributed by atoms with Crippen LogP contribution in [0.15, 0.2) is 36.4 Å². The van der Waals surface area contributed by atoms with Crippen molar-refractivity contribution in [3.63, 3.8) is 0 Å². The van der Waals surface area contributed by atoms with E-state index in [2.05, 4.69) is 60.6 Å². The van der Waals surface area contributed by atoms with Crippen molar-refractivity contribution < 1.29 is 19.0 Å². The fourth-order valence-electron chi connectivity index (χ4n) is 3.09. The quantitative estimate of drug-likeness (QED) is 0.460. The van der Waals surface area contributed by atoms with Crippen LogP contribution in [0.1, 0.15) is 65.2 Å². The van der Waals surface area contributed by atoms with Crippen molar-refractivity contribution in [1.29, 1.82) is 0 Å². The molecule has 2 aromatic carbocycles. The molecular formula is C25H34O4. The summed E-state index contributed by atoms with van der Waals surface area (Å²) in [4.78, 5) is 12.9. The fourth-order valence-corrected chi connectivity index (χ4v) is 3.09. The van der Waals surface area contributed by atoms with Crippen LogP contribution in [0.4, 0.5) is 0 Å². The first-order chi connectivity index (χ1) is 13.3. The number of esters is 1. The summed E-state index contributed by atoms with van der Waals surface area (Å²) in [6.07, 6.45) is -0.745. The predicted molar refractivity (Wildman–Crippen MR) is 117 cm³/mol. The second kappa shape index (κ2) is 8.48. The average Bonchev–Trinajstić information content (AvgIpc) is 2.61. The van der Waals surface area contributed by atoms with Gasteiger partial charge in [-0.2, -0.15) is 0 Å². The maximum atomic E-state index is 12.9. The lowest BCUT2D eigenvalue weighted by atomic mass is 9.78. The Balaban J connectivity index is 2.34. The molecular weight excluding hydrogens is 364 g/mol. The highest BCUT2D eigenvalue weighted by molar-refractivity contribution is 5.78. The summed E-state index contributed by atoms with van der Waals surface area (Å²) in [7, 11) is 1.61. The van der Waals surface area contributed by atoms with E-state index < -0.39 is 12.1 Å². The highest BCUT2D eigenvalue weighted by Gasteiger charge is 2.30. The number of hydrogen-bond donors (Lipinski definition) is 0. The third-order valence-electron chi connectivity index (χ3n) is 4.76. The molecule has 0 N–H and O–H groups in total. The van der Waals surface area contributed by atoms with E-state index >= 15 is 0 Å². The topological polar surface area (TPSA) is 44.8 Å². The molecule has 2 rings (SSSR count). The zero-order valence-corrected chi connectivity index (χ0v) is 19.2. The van der Waals surface area contributed by atoms with Crippen LogP contribution in [-0.2, 0) is 15.6 Å². The number of rotatable bonds is 5. The lowest BCUT2D eigenvalue weighted by Gasteiger charge is -2.30. The van der Waals surface area contributed by atoms with E-state index in [1.807, 2.05) is 0 Å². The van der Waals surface area contributed by atoms with Crippen molar-refractivity contribution in [3.05, 3.63) is 53.1 Å². The highest BCUT2D eigenvalue weighted by atomic mass is 16.6. The summed E-state index contributed by atoms with van der Waals surface area (Å²) in [6, 6.07) is 11.3. The second-order valence-electron chi connectivity index (χ2n) is 9.55. The monoisotopic (exact) mass is 398 g/mol. The molecule has 0 fully saturated rings. The molecule has 0 saturated heterocycles. The smallest absolute Gasteiger partial charge is 0.352 e. The normalized spacial score (nSPS) is 13.0. The highest BCUT2D eigenvalue weighted by Crippen LogP contribution is 2.40. The molecule has 0 bridgehead atoms. The number of ether oxygens (including phenoxy) is 3. The molecule has 29 heavy (non-hydrogen) atoms. The van der Waals surface area contributed by atoms with E-state index in [4.69, 9.17) is 14.2 Å². The molecule has 2 aromatic rings. The van der Waals surface area contributed by atoms with Gasteiger partial charge in [0.25, 0.3) is 0 Å². The molecule has 0 aromatic heterocycles. The molecule has 158 valence electrons. The minimum Gasteiger partial charge on any atom is -0.497 e. The van der Waals surface area contributed by atoms with Crippen LogP contribution in [0.3, 0.4) is 0 Å². The Morgan fingerprint density at radius 1 is 0.862 bits per heavy atom. The van der Waals surface area contributed by atoms with E-state index in [0.29, 0.717) is 11.5 Å². The molecule has 0 aliphatic heterocycles. The minimum atomic E-state index is -0.745. The standard InChI is InChI=1S/C25H34O4/c1-16-14-20(24(3,4)5)22(21(15-16)25(6,7)8)29-23(26)17(2)28-19-12-10-18(27-9)11-13-19/h10-15,17H,1-9H3. The number of hydrogen-bond acceptors (Lipinski definition) is 4. The molecule has 4 nitrogen and oxygen atoms in total. The van der Waals surface area contributed by atoms with E-state index in [1.165, 1.54) is 0 Å². The summed E-state index contributed by atoms with van der Waals surface area (Å²) < 4.78 is 16.9. The third kappa shape index (κ3) is 5.75. The molecule has 0 radical (unpaired) electrons. The SMILES string of the molecule is COc1ccc(OC(C)C(=O)Oc2c(C(C)(C)C)cc(C)cc2C(C)(C)C)cc1. The first-order valence-corrected chi connectivity index (χ1v) is 10.0. The Morgan fingerprint density at radius 2 is 1.31 bits per heavy atom. The Kier molecular flexibility index (Phi) is 6.67. The Bertz CT molecular complexity index is 817. The van der Waals surface area contributed by atoms with E-state index in [0.717, 1.165) is 22.4 Å². The van der Waals surface area contributed by atoms with Crippen LogP contribution in [0.2, 0.25) is 0 Å². The number of benzene rings is 2. The van der Waals surface area contributed by atoms with Gasteiger partial charge in [0.2, 0.25) is 0 Å². The first kappa shape index (κ1) is 22.8. The lowest BCUT2D eigenvalue weighted by molar-refractivity contribution is -0.141. The summed E-state index contributed by atoms with van der Waals surface area (Å²) in [6.45, 7) is 16.5. The van der Waals surface area contributed by atoms with Crippen molar-refractivity contribution in [3.8, 4) is 17.2 Å². The van der Waals surface area contributed by atoms with Crippen molar-refractivity contribution in [2.75, 3.05) is 7.11 Å². The maximum absolute atomic E-state index is 12.9. The van der Waals surface area contributed by atoms with Crippen molar-refractivity contribution in [1.82, 2.24) is 0 Å². The van der Waals surface area contributed by atoms with Gasteiger partial charge in [0, 0.05) is 11.1 Å². The predicted octanol–water partition coefficient (Wildman–Crippen LogP) is 5.97. The van der Waals surface area contributed by atoms with Gasteiger partial charge in [-0.1, -0.05) is 59.2 Å². The summed E-state index contributed by atoms with van der Waals surface area (Å²) in [5, 5.41) is 0. The summed E-state index contributed by atoms with van der Waals surface area (Å²) in [5.41, 5.74) is 2.87. The largest absolute Gasteiger partial charge is 0.497 e. The van der Waals surface area contributed by atoms with Gasteiger partial charge in [0.05, 0.1) is 7.11 Å². The van der Waals surface area contributed by atoms with Gasteiger partial charge < -0.3 is 14.2 Å². The van der Waals surface area contributed by atoms with Gasteiger partial charge in [0.15, 0.2) is 6.10 Å². The van der Waals surface area contributed by atoms with Gasteiger partial charge in [-0.3, -0.25) is 0 Å². The average molecular weight is 399 g/mol. The zero-order chi connectivity index (χ0) is 22.0. The molecule has 0 aliphatic carbocycles. The lowest BCUT2D eigenvalue weighted by Crippen LogP contribution is -2.31. The number of aryl methyl sites for hydroxylation is 1. The van der Waals surface area contributed by atoms with Gasteiger partial charge in [-0.15, -0.1) is 0 Å². The van der Waals surface area contributed by atoms with Crippen LogP contribution in [0.5, 0.6) is 17.2 Å². The van der Waals surface area contributed by atoms with E-state index in [-0.39, 0.29) is 10.8 Å². The van der Waals surface area contributed by atoms with Gasteiger partial charge in [-0.25, -0.2) is 4.79 Å². The van der Waals surface area contributed by atoms with Crippen molar-refractivity contribution >= 4 is 5.97 Å². The van der Waals surface area contributed by atoms with E-state index in [1.54, 1.807) is 38.3 Å². The molecule has 0 heterocycles. The molecule has 0 amide bonds. The zero-order valence-electron chi connectivity index (χ0n) is 19.2. The number of carbonyl (C=O) groups is 1. The summed E-state index contributed by atoms with van der Waals surface area (Å²) in [5.74, 6) is 1.55. The Labute approximate surface area is 175 Å². The molecule has 4 heteroatoms. The first-order valence-electron chi connectivity index (χ1n) is 10.0. The Hall–Kier alpha value is -2.49. The maximum Gasteiger partial charge on any atom is 0.352 e. The van der Waals surface area contributed by atoms with Crippen molar-refractivity contribution in [2.24, 2.45) is 0 Å². The van der Waals surface area contributed by atoms with Gasteiger partial charge in [-0.05, 0) is 48.9 Å². The van der Waals surface area contributed by atoms with Crippen LogP contribution >= 0.6 is 0 Å². The van der Waals surface area contributed by atoms with Gasteiger partial charge in [0.1, 0.15) is 17.2 Å². The molecule has 0 spiro atoms.